The number of halogens is 24. The van der Waals surface area contributed by atoms with Crippen molar-refractivity contribution in [2.45, 2.75) is 31.6 Å². The predicted molar refractivity (Wildman–Crippen MR) is 337 cm³/mol. The molecule has 2 heterocycles. The molecule has 0 radical (unpaired) electrons. The fourth-order valence-electron chi connectivity index (χ4n) is 6.80. The lowest BCUT2D eigenvalue weighted by atomic mass is 10.1. The fraction of sp³-hybridized carbons (Fsp3) is 0.119. The Balaban J connectivity index is 0.000000248. The molecule has 0 saturated heterocycles. The van der Waals surface area contributed by atoms with Gasteiger partial charge in [0.05, 0.1) is 52.9 Å². The summed E-state index contributed by atoms with van der Waals surface area (Å²) in [5, 5.41) is 1.34. The zero-order valence-electron chi connectivity index (χ0n) is 46.9. The van der Waals surface area contributed by atoms with Gasteiger partial charge in [-0.3, -0.25) is 14.0 Å². The summed E-state index contributed by atoms with van der Waals surface area (Å²) in [4.78, 5) is 31.0. The maximum Gasteiger partial charge on any atom is 0.416 e. The second-order valence-corrected chi connectivity index (χ2v) is 21.1. The van der Waals surface area contributed by atoms with Gasteiger partial charge >= 0.3 is 24.7 Å². The number of hydrogen-bond donors (Lipinski definition) is 2. The number of alkyl halides is 14. The molecule has 3 N–H and O–H groups in total. The molecular formula is C59H36ClF19I4N4O4. The minimum absolute atomic E-state index is 0.00296. The molecule has 0 aliphatic rings. The van der Waals surface area contributed by atoms with E-state index >= 15 is 0 Å². The Kier molecular flexibility index (Phi) is 27.0. The average molecular weight is 1770 g/mol. The number of aromatic nitrogens is 2. The summed E-state index contributed by atoms with van der Waals surface area (Å²) in [6.07, 6.45) is -17.7. The molecule has 8 nitrogen and oxygen atoms in total. The Labute approximate surface area is 564 Å². The highest BCUT2D eigenvalue weighted by atomic mass is 127. The van der Waals surface area contributed by atoms with E-state index in [1.54, 1.807) is 76.4 Å². The van der Waals surface area contributed by atoms with Gasteiger partial charge in [-0.15, -0.1) is 0 Å². The van der Waals surface area contributed by atoms with Crippen molar-refractivity contribution in [2.24, 2.45) is 0 Å². The standard InChI is InChI=1S/C15H9F4NO.C14H7F5INO.C14H6F4INO.C8H4ClF3O.C6H4F2IN.CH3F.CH3I/c1-8-2-7-11-13(12(8)16)21-14(20-11)9-3-5-10(6-4-9)15(17,18)19;15-11-9(20)5-6-10(12(11)16)21-13(22)7-1-3-8(4-2-7)14(17,18)19;15-11-9(19)5-6-10-12(11)21-13(20-10)7-1-3-8(4-2-7)14(16,17)18;9-7(13)5-1-3-6(4-2-5)8(10,11)12;7-5-3(9)1-2-4(10)6(5)8;2*1-2/h2-7H,1H3;1-6H,(H,21,22);1-6H;1-4H;1-2H,10H2;2*1H3/i;;;;;2*1D. The van der Waals surface area contributed by atoms with Crippen LogP contribution in [0.15, 0.2) is 154 Å². The molecule has 0 atom stereocenters. The van der Waals surface area contributed by atoms with Gasteiger partial charge in [-0.25, -0.2) is 36.3 Å². The van der Waals surface area contributed by atoms with E-state index in [0.717, 1.165) is 72.8 Å². The Morgan fingerprint density at radius 2 is 0.813 bits per heavy atom. The van der Waals surface area contributed by atoms with Crippen molar-refractivity contribution in [3.63, 3.8) is 0 Å². The van der Waals surface area contributed by atoms with Gasteiger partial charge in [-0.05, 0) is 236 Å². The van der Waals surface area contributed by atoms with Crippen molar-refractivity contribution in [2.75, 3.05) is 23.1 Å². The first-order valence-electron chi connectivity index (χ1n) is 25.4. The Morgan fingerprint density at radius 1 is 0.484 bits per heavy atom. The SMILES string of the molecule is Cc1ccc2nc(-c3ccc(C(F)(F)F)cc3)oc2c1F.Fc1c(I)ccc2nc(-c3ccc(C(F)(F)F)cc3)oc12.Nc1ccc(I)c(F)c1F.O=C(Cl)c1ccc(C(F)(F)F)cc1.O=C(Nc1ccc(I)c(F)c1F)c1ccc(C(F)(F)F)cc1.[2H]CF.[2H]CI. The number of oxazole rings is 2. The number of rotatable bonds is 5. The molecular weight excluding hydrogens is 1730 g/mol. The lowest BCUT2D eigenvalue weighted by Crippen LogP contribution is -2.14. The summed E-state index contributed by atoms with van der Waals surface area (Å²) in [7, 11) is -1.00. The van der Waals surface area contributed by atoms with Crippen LogP contribution in [-0.2, 0) is 24.7 Å². The van der Waals surface area contributed by atoms with Crippen LogP contribution in [0, 0.1) is 52.5 Å². The highest BCUT2D eigenvalue weighted by Crippen LogP contribution is 2.36. The molecule has 1 amide bonds. The second kappa shape index (κ2) is 33.4. The van der Waals surface area contributed by atoms with Gasteiger partial charge in [0.15, 0.2) is 46.1 Å². The third kappa shape index (κ3) is 21.3. The first-order valence-corrected chi connectivity index (χ1v) is 29.2. The molecule has 0 fully saturated rings. The molecule has 0 bridgehead atoms. The number of nitrogen functional groups attached to an aromatic ring is 1. The third-order valence-corrected chi connectivity index (χ3v) is 14.0. The molecule has 0 unspecified atom stereocenters. The monoisotopic (exact) mass is 1770 g/mol. The number of anilines is 2. The first kappa shape index (κ1) is 73.6. The topological polar surface area (TPSA) is 124 Å². The van der Waals surface area contributed by atoms with Crippen LogP contribution in [0.1, 0.15) is 51.3 Å². The summed E-state index contributed by atoms with van der Waals surface area (Å²) in [5.41, 5.74) is 3.03. The van der Waals surface area contributed by atoms with E-state index in [1.807, 2.05) is 45.2 Å². The van der Waals surface area contributed by atoms with Crippen LogP contribution in [0.25, 0.3) is 45.1 Å². The largest absolute Gasteiger partial charge is 0.433 e. The average Bonchev–Trinajstić information content (AvgIpc) is 1.67. The van der Waals surface area contributed by atoms with E-state index in [9.17, 15) is 93.0 Å². The van der Waals surface area contributed by atoms with Crippen LogP contribution in [0.4, 0.5) is 94.8 Å². The van der Waals surface area contributed by atoms with Crippen LogP contribution in [0.5, 0.6) is 0 Å². The maximum atomic E-state index is 13.9. The van der Waals surface area contributed by atoms with Crippen molar-refractivity contribution in [3.8, 4) is 22.9 Å². The van der Waals surface area contributed by atoms with Crippen molar-refractivity contribution in [3.05, 3.63) is 230 Å². The van der Waals surface area contributed by atoms with Crippen LogP contribution in [0.3, 0.4) is 0 Å². The van der Waals surface area contributed by atoms with Crippen LogP contribution in [-0.4, -0.2) is 33.2 Å². The zero-order chi connectivity index (χ0) is 70.1. The quantitative estimate of drug-likeness (QED) is 0.0439. The molecule has 0 saturated carbocycles. The summed E-state index contributed by atoms with van der Waals surface area (Å²) >= 11 is 12.1. The number of nitrogens with one attached hydrogen (secondary N) is 1. The lowest BCUT2D eigenvalue weighted by Gasteiger charge is -2.09. The minimum atomic E-state index is -4.51. The van der Waals surface area contributed by atoms with E-state index in [1.165, 1.54) is 48.5 Å². The van der Waals surface area contributed by atoms with Gasteiger partial charge in [-0.2, -0.15) is 52.7 Å². The predicted octanol–water partition coefficient (Wildman–Crippen LogP) is 21.9. The normalized spacial score (nSPS) is 11.4. The van der Waals surface area contributed by atoms with E-state index in [4.69, 9.17) is 28.9 Å². The van der Waals surface area contributed by atoms with Gasteiger partial charge in [0.2, 0.25) is 11.8 Å². The van der Waals surface area contributed by atoms with Crippen LogP contribution < -0.4 is 11.1 Å². The Hall–Kier alpha value is -6.48. The van der Waals surface area contributed by atoms with Crippen molar-refractivity contribution < 1.29 is 105 Å². The molecule has 10 rings (SSSR count). The second-order valence-electron chi connectivity index (χ2n) is 17.3. The molecule has 0 aliphatic carbocycles. The van der Waals surface area contributed by atoms with E-state index < -0.39 is 100 Å². The molecule has 0 spiro atoms. The number of nitrogens with two attached hydrogens (primary N) is 1. The number of nitrogens with zero attached hydrogens (tertiary/aromatic N) is 2. The molecule has 32 heteroatoms. The lowest BCUT2D eigenvalue weighted by molar-refractivity contribution is -0.138. The molecule has 91 heavy (non-hydrogen) atoms. The van der Waals surface area contributed by atoms with Gasteiger partial charge in [0, 0.05) is 23.6 Å². The van der Waals surface area contributed by atoms with Gasteiger partial charge < -0.3 is 19.9 Å². The third-order valence-electron chi connectivity index (χ3n) is 11.3. The molecule has 2 aromatic heterocycles. The molecule has 484 valence electrons. The van der Waals surface area contributed by atoms with E-state index in [-0.39, 0.29) is 52.6 Å². The molecule has 0 aliphatic heterocycles. The number of carbonyl (C=O) groups is 2. The van der Waals surface area contributed by atoms with Crippen molar-refractivity contribution in [1.29, 1.82) is 0 Å². The minimum Gasteiger partial charge on any atom is -0.433 e. The summed E-state index contributed by atoms with van der Waals surface area (Å²) in [5.74, 6) is -5.89. The van der Waals surface area contributed by atoms with E-state index in [0.29, 0.717) is 36.2 Å². The fourth-order valence-corrected chi connectivity index (χ4v) is 8.19. The number of amides is 1. The van der Waals surface area contributed by atoms with E-state index in [2.05, 4.69) is 15.3 Å². The highest BCUT2D eigenvalue weighted by Gasteiger charge is 2.33. The zero-order valence-corrected chi connectivity index (χ0v) is 54.3. The Morgan fingerprint density at radius 3 is 1.20 bits per heavy atom. The summed E-state index contributed by atoms with van der Waals surface area (Å²) in [6, 6.07) is 27.3. The smallest absolute Gasteiger partial charge is 0.416 e. The number of benzene rings is 8. The number of aryl methyl sites for hydroxylation is 1. The molecule has 10 aromatic rings. The van der Waals surface area contributed by atoms with Crippen molar-refractivity contribution in [1.82, 2.24) is 9.97 Å². The van der Waals surface area contributed by atoms with Crippen LogP contribution in [0.2, 0.25) is 0 Å². The van der Waals surface area contributed by atoms with Gasteiger partial charge in [0.1, 0.15) is 11.0 Å². The van der Waals surface area contributed by atoms with Gasteiger partial charge in [0.25, 0.3) is 11.1 Å². The Bertz CT molecular complexity index is 3970. The molecule has 8 aromatic carbocycles. The van der Waals surface area contributed by atoms with Crippen molar-refractivity contribution >= 4 is 147 Å². The summed E-state index contributed by atoms with van der Waals surface area (Å²) < 4.78 is 261. The van der Waals surface area contributed by atoms with Gasteiger partial charge in [-0.1, -0.05) is 28.7 Å². The first-order chi connectivity index (χ1) is 43.3. The number of fused-ring (bicyclic) bond motifs is 2. The van der Waals surface area contributed by atoms with Crippen LogP contribution >= 0.6 is 102 Å². The summed E-state index contributed by atoms with van der Waals surface area (Å²) in [6.45, 7) is 1.59. The maximum absolute atomic E-state index is 13.9. The number of carbonyl (C=O) groups excluding carboxylic acids is 2. The number of hydrogen-bond acceptors (Lipinski definition) is 7. The highest BCUT2D eigenvalue weighted by molar-refractivity contribution is 14.1.